The minimum atomic E-state index is -0.997. The molecule has 1 saturated heterocycles. The highest BCUT2D eigenvalue weighted by Gasteiger charge is 2.67. The molecule has 0 spiro atoms. The van der Waals surface area contributed by atoms with Crippen LogP contribution in [0.25, 0.3) is 0 Å². The van der Waals surface area contributed by atoms with Crippen LogP contribution < -0.4 is 4.90 Å². The number of rotatable bonds is 2. The normalized spacial score (nSPS) is 38.3. The summed E-state index contributed by atoms with van der Waals surface area (Å²) in [5.74, 6) is -3.05. The van der Waals surface area contributed by atoms with Gasteiger partial charge in [0.25, 0.3) is 5.69 Å². The van der Waals surface area contributed by atoms with Gasteiger partial charge in [0.2, 0.25) is 11.8 Å². The number of amides is 2. The van der Waals surface area contributed by atoms with Gasteiger partial charge in [-0.3, -0.25) is 19.7 Å². The molecule has 0 radical (unpaired) electrons. The van der Waals surface area contributed by atoms with Gasteiger partial charge >= 0.3 is 0 Å². The molecule has 2 bridgehead atoms. The largest absolute Gasteiger partial charge is 0.390 e. The van der Waals surface area contributed by atoms with Crippen LogP contribution in [0.3, 0.4) is 0 Å². The van der Waals surface area contributed by atoms with Crippen molar-refractivity contribution in [3.05, 3.63) is 34.4 Å². The van der Waals surface area contributed by atoms with Crippen LogP contribution in [0.4, 0.5) is 11.4 Å². The zero-order chi connectivity index (χ0) is 16.5. The number of imide groups is 1. The fourth-order valence-corrected chi connectivity index (χ4v) is 4.43. The summed E-state index contributed by atoms with van der Waals surface area (Å²) >= 11 is 0. The summed E-state index contributed by atoms with van der Waals surface area (Å²) in [6, 6.07) is 5.36. The molecule has 6 atom stereocenters. The third-order valence-electron chi connectivity index (χ3n) is 5.39. The van der Waals surface area contributed by atoms with Crippen molar-refractivity contribution in [2.24, 2.45) is 23.7 Å². The second-order valence-corrected chi connectivity index (χ2v) is 6.39. The summed E-state index contributed by atoms with van der Waals surface area (Å²) in [6.07, 6.45) is -1.54. The molecule has 1 aliphatic heterocycles. The number of anilines is 1. The van der Waals surface area contributed by atoms with Gasteiger partial charge in [0.1, 0.15) is 0 Å². The Bertz CT molecular complexity index is 702. The van der Waals surface area contributed by atoms with E-state index >= 15 is 0 Å². The van der Waals surface area contributed by atoms with Crippen molar-refractivity contribution in [2.45, 2.75) is 18.6 Å². The first-order valence-corrected chi connectivity index (χ1v) is 7.40. The van der Waals surface area contributed by atoms with Crippen molar-refractivity contribution in [3.8, 4) is 0 Å². The van der Waals surface area contributed by atoms with Crippen molar-refractivity contribution < 1.29 is 24.7 Å². The van der Waals surface area contributed by atoms with Gasteiger partial charge in [-0.1, -0.05) is 6.07 Å². The lowest BCUT2D eigenvalue weighted by Crippen LogP contribution is -2.43. The molecule has 2 N–H and O–H groups in total. The topological polar surface area (TPSA) is 121 Å². The molecule has 23 heavy (non-hydrogen) atoms. The van der Waals surface area contributed by atoms with Crippen molar-refractivity contribution in [1.29, 1.82) is 0 Å². The van der Waals surface area contributed by atoms with Gasteiger partial charge in [0, 0.05) is 24.0 Å². The van der Waals surface area contributed by atoms with E-state index in [1.165, 1.54) is 24.3 Å². The van der Waals surface area contributed by atoms with Gasteiger partial charge in [-0.25, -0.2) is 4.90 Å². The van der Waals surface area contributed by atoms with Crippen LogP contribution in [-0.4, -0.2) is 39.2 Å². The average molecular weight is 318 g/mol. The van der Waals surface area contributed by atoms with Crippen molar-refractivity contribution in [1.82, 2.24) is 0 Å². The second-order valence-electron chi connectivity index (χ2n) is 6.39. The van der Waals surface area contributed by atoms with E-state index in [1.807, 2.05) is 0 Å². The van der Waals surface area contributed by atoms with Crippen LogP contribution in [0, 0.1) is 33.8 Å². The molecule has 2 saturated carbocycles. The van der Waals surface area contributed by atoms with Crippen LogP contribution in [0.1, 0.15) is 6.42 Å². The minimum Gasteiger partial charge on any atom is -0.390 e. The quantitative estimate of drug-likeness (QED) is 0.452. The molecule has 3 fully saturated rings. The Labute approximate surface area is 130 Å². The third-order valence-corrected chi connectivity index (χ3v) is 5.39. The Hall–Kier alpha value is -2.32. The zero-order valence-corrected chi connectivity index (χ0v) is 11.9. The molecule has 8 nitrogen and oxygen atoms in total. The monoisotopic (exact) mass is 318 g/mol. The molecule has 0 aromatic heterocycles. The van der Waals surface area contributed by atoms with Crippen LogP contribution >= 0.6 is 0 Å². The van der Waals surface area contributed by atoms with E-state index < -0.39 is 52.6 Å². The number of nitrogens with zero attached hydrogens (tertiary/aromatic N) is 2. The van der Waals surface area contributed by atoms with Crippen molar-refractivity contribution >= 4 is 23.2 Å². The number of benzene rings is 1. The number of nitro benzene ring substituents is 1. The van der Waals surface area contributed by atoms with Crippen LogP contribution in [-0.2, 0) is 9.59 Å². The fourth-order valence-electron chi connectivity index (χ4n) is 4.43. The number of aliphatic hydroxyl groups is 2. The zero-order valence-electron chi connectivity index (χ0n) is 11.9. The van der Waals surface area contributed by atoms with E-state index in [1.54, 1.807) is 0 Å². The molecule has 8 heteroatoms. The molecule has 3 aliphatic rings. The summed E-state index contributed by atoms with van der Waals surface area (Å²) < 4.78 is 0. The number of carbonyl (C=O) groups excluding carboxylic acids is 2. The highest BCUT2D eigenvalue weighted by molar-refractivity contribution is 6.22. The van der Waals surface area contributed by atoms with Gasteiger partial charge in [0.15, 0.2) is 0 Å². The fraction of sp³-hybridized carbons (Fsp3) is 0.467. The molecular formula is C15H14N2O6. The van der Waals surface area contributed by atoms with E-state index in [0.717, 1.165) is 4.90 Å². The number of hydrogen-bond acceptors (Lipinski definition) is 6. The number of nitro groups is 1. The SMILES string of the molecule is O=C1[C@@H]2[C@H]3C[C@@H]([C@H](O)[C@H]3O)[C@@H]2C(=O)N1c1cccc([N+](=O)[O-])c1. The van der Waals surface area contributed by atoms with Gasteiger partial charge in [-0.15, -0.1) is 0 Å². The molecule has 2 aliphatic carbocycles. The predicted molar refractivity (Wildman–Crippen MR) is 76.2 cm³/mol. The Morgan fingerprint density at radius 1 is 1.09 bits per heavy atom. The highest BCUT2D eigenvalue weighted by atomic mass is 16.6. The van der Waals surface area contributed by atoms with E-state index in [2.05, 4.69) is 0 Å². The number of non-ortho nitro benzene ring substituents is 1. The predicted octanol–water partition coefficient (Wildman–Crippen LogP) is 0.0719. The van der Waals surface area contributed by atoms with Crippen LogP contribution in [0.5, 0.6) is 0 Å². The summed E-state index contributed by atoms with van der Waals surface area (Å²) in [4.78, 5) is 36.6. The van der Waals surface area contributed by atoms with Crippen molar-refractivity contribution in [3.63, 3.8) is 0 Å². The Morgan fingerprint density at radius 3 is 2.17 bits per heavy atom. The lowest BCUT2D eigenvalue weighted by atomic mass is 9.78. The first-order valence-electron chi connectivity index (χ1n) is 7.40. The summed E-state index contributed by atoms with van der Waals surface area (Å²) in [6.45, 7) is 0. The van der Waals surface area contributed by atoms with E-state index in [-0.39, 0.29) is 11.4 Å². The lowest BCUT2D eigenvalue weighted by Gasteiger charge is -2.29. The molecule has 2 amide bonds. The molecule has 1 aromatic carbocycles. The molecule has 1 aromatic rings. The van der Waals surface area contributed by atoms with Gasteiger partial charge < -0.3 is 10.2 Å². The summed E-state index contributed by atoms with van der Waals surface area (Å²) in [5.41, 5.74) is -0.0461. The first kappa shape index (κ1) is 14.3. The average Bonchev–Trinajstić information content (AvgIpc) is 3.12. The molecule has 120 valence electrons. The van der Waals surface area contributed by atoms with Crippen LogP contribution in [0.2, 0.25) is 0 Å². The Morgan fingerprint density at radius 2 is 1.65 bits per heavy atom. The number of hydrogen-bond donors (Lipinski definition) is 2. The Kier molecular flexibility index (Phi) is 2.85. The van der Waals surface area contributed by atoms with E-state index in [9.17, 15) is 29.9 Å². The minimum absolute atomic E-state index is 0.159. The first-order chi connectivity index (χ1) is 10.9. The second kappa shape index (κ2) is 4.59. The summed E-state index contributed by atoms with van der Waals surface area (Å²) in [7, 11) is 0. The Balaban J connectivity index is 1.73. The van der Waals surface area contributed by atoms with Crippen LogP contribution in [0.15, 0.2) is 24.3 Å². The van der Waals surface area contributed by atoms with E-state index in [4.69, 9.17) is 0 Å². The highest BCUT2D eigenvalue weighted by Crippen LogP contribution is 2.56. The summed E-state index contributed by atoms with van der Waals surface area (Å²) in [5, 5.41) is 30.9. The third kappa shape index (κ3) is 1.73. The molecule has 0 unspecified atom stereocenters. The van der Waals surface area contributed by atoms with Crippen molar-refractivity contribution in [2.75, 3.05) is 4.90 Å². The molecule has 1 heterocycles. The van der Waals surface area contributed by atoms with Gasteiger partial charge in [-0.05, 0) is 12.5 Å². The van der Waals surface area contributed by atoms with Gasteiger partial charge in [0.05, 0.1) is 34.7 Å². The van der Waals surface area contributed by atoms with E-state index in [0.29, 0.717) is 6.42 Å². The molecule has 4 rings (SSSR count). The molecular weight excluding hydrogens is 304 g/mol. The van der Waals surface area contributed by atoms with Gasteiger partial charge in [-0.2, -0.15) is 0 Å². The standard InChI is InChI=1S/C15H14N2O6/c18-12-8-5-9(13(12)19)11-10(8)14(20)16(15(11)21)6-2-1-3-7(4-6)17(22)23/h1-4,8-13,18-19H,5H2/t8-,9-,10-,11+,12+,13+/m1/s1. The maximum atomic E-state index is 12.7. The number of fused-ring (bicyclic) bond motifs is 5. The maximum absolute atomic E-state index is 12.7. The maximum Gasteiger partial charge on any atom is 0.271 e. The smallest absolute Gasteiger partial charge is 0.271 e. The number of aliphatic hydroxyl groups excluding tert-OH is 2. The lowest BCUT2D eigenvalue weighted by molar-refractivity contribution is -0.384. The number of carbonyl (C=O) groups is 2.